The van der Waals surface area contributed by atoms with E-state index in [-0.39, 0.29) is 5.60 Å². The van der Waals surface area contributed by atoms with Crippen molar-refractivity contribution in [3.63, 3.8) is 0 Å². The molecule has 1 saturated heterocycles. The van der Waals surface area contributed by atoms with Crippen LogP contribution in [0.4, 0.5) is 11.5 Å². The number of nitrogens with zero attached hydrogens (tertiary/aromatic N) is 5. The van der Waals surface area contributed by atoms with Gasteiger partial charge in [-0.2, -0.15) is 5.10 Å². The number of fused-ring (bicyclic) bond motifs is 1. The number of anilines is 2. The number of hydrogen-bond donors (Lipinski definition) is 1. The van der Waals surface area contributed by atoms with E-state index in [0.717, 1.165) is 72.3 Å². The molecule has 34 heavy (non-hydrogen) atoms. The summed E-state index contributed by atoms with van der Waals surface area (Å²) in [6.45, 7) is 5.91. The average molecular weight is 461 g/mol. The Morgan fingerprint density at radius 1 is 1.24 bits per heavy atom. The number of morpholine rings is 1. The molecule has 0 amide bonds. The van der Waals surface area contributed by atoms with Crippen LogP contribution in [0, 0.1) is 0 Å². The van der Waals surface area contributed by atoms with E-state index < -0.39 is 0 Å². The van der Waals surface area contributed by atoms with Crippen molar-refractivity contribution in [2.24, 2.45) is 5.10 Å². The Hall–Kier alpha value is -2.97. The Labute approximate surface area is 200 Å². The molecule has 0 atom stereocenters. The lowest BCUT2D eigenvalue weighted by atomic mass is 10.0. The Balaban J connectivity index is 1.33. The van der Waals surface area contributed by atoms with Gasteiger partial charge in [0.1, 0.15) is 5.52 Å². The lowest BCUT2D eigenvalue weighted by Crippen LogP contribution is -2.36. The van der Waals surface area contributed by atoms with Gasteiger partial charge in [0.25, 0.3) is 0 Å². The molecule has 3 fully saturated rings. The van der Waals surface area contributed by atoms with Crippen LogP contribution in [0.5, 0.6) is 0 Å². The minimum Gasteiger partial charge on any atom is -0.378 e. The monoisotopic (exact) mass is 460 g/mol. The summed E-state index contributed by atoms with van der Waals surface area (Å²) < 4.78 is 13.5. The van der Waals surface area contributed by atoms with Crippen LogP contribution < -0.4 is 10.3 Å². The number of rotatable bonds is 8. The summed E-state index contributed by atoms with van der Waals surface area (Å²) in [6, 6.07) is 10.8. The second kappa shape index (κ2) is 8.67. The average Bonchev–Trinajstić information content (AvgIpc) is 3.81. The number of pyridine rings is 1. The molecule has 8 heteroatoms. The molecule has 8 nitrogen and oxygen atoms in total. The van der Waals surface area contributed by atoms with Crippen LogP contribution in [0.1, 0.15) is 49.7 Å². The standard InChI is InChI=1S/C26H32N6O2/c1-18(20-4-3-5-21(14-20)19-6-7-19)29-30-23-15-22(31-10-12-34-13-11-31)24-25(28-23)32(17-27-24)16-26(33-2)8-9-26/h3-5,14-15,17,19H,6-13,16H2,1-2H3,(H,28,30)/b29-18+. The second-order valence-electron chi connectivity index (χ2n) is 9.77. The summed E-state index contributed by atoms with van der Waals surface area (Å²) in [7, 11) is 1.79. The molecular weight excluding hydrogens is 428 g/mol. The van der Waals surface area contributed by atoms with E-state index in [1.807, 2.05) is 13.3 Å². The number of hydrogen-bond acceptors (Lipinski definition) is 7. The molecule has 1 aromatic carbocycles. The van der Waals surface area contributed by atoms with Crippen molar-refractivity contribution in [3.05, 3.63) is 47.8 Å². The zero-order chi connectivity index (χ0) is 23.1. The van der Waals surface area contributed by atoms with Gasteiger partial charge < -0.3 is 18.9 Å². The predicted octanol–water partition coefficient (Wildman–Crippen LogP) is 4.16. The first-order valence-corrected chi connectivity index (χ1v) is 12.3. The smallest absolute Gasteiger partial charge is 0.164 e. The van der Waals surface area contributed by atoms with Gasteiger partial charge in [-0.3, -0.25) is 5.43 Å². The molecule has 3 aromatic rings. The van der Waals surface area contributed by atoms with Gasteiger partial charge in [-0.15, -0.1) is 0 Å². The number of imidazole rings is 1. The molecule has 0 bridgehead atoms. The minimum absolute atomic E-state index is 0.0841. The quantitative estimate of drug-likeness (QED) is 0.402. The SMILES string of the molecule is COC1(Cn2cnc3c(N4CCOCC4)cc(N/N=C(\C)c4cccc(C5CC5)c4)nc32)CC1. The zero-order valence-corrected chi connectivity index (χ0v) is 20.0. The van der Waals surface area contributed by atoms with Crippen molar-refractivity contribution in [2.75, 3.05) is 43.7 Å². The highest BCUT2D eigenvalue weighted by Gasteiger charge is 2.43. The van der Waals surface area contributed by atoms with E-state index in [0.29, 0.717) is 13.2 Å². The zero-order valence-electron chi connectivity index (χ0n) is 20.0. The molecule has 2 saturated carbocycles. The Bertz CT molecular complexity index is 1220. The maximum absolute atomic E-state index is 5.77. The maximum Gasteiger partial charge on any atom is 0.164 e. The van der Waals surface area contributed by atoms with E-state index in [2.05, 4.69) is 45.2 Å². The molecule has 0 radical (unpaired) electrons. The Kier molecular flexibility index (Phi) is 5.50. The van der Waals surface area contributed by atoms with Crippen LogP contribution in [0.3, 0.4) is 0 Å². The van der Waals surface area contributed by atoms with E-state index in [1.54, 1.807) is 7.11 Å². The fraction of sp³-hybridized carbons (Fsp3) is 0.500. The molecule has 3 aliphatic rings. The Morgan fingerprint density at radius 3 is 2.79 bits per heavy atom. The minimum atomic E-state index is -0.0841. The third-order valence-electron chi connectivity index (χ3n) is 7.29. The summed E-state index contributed by atoms with van der Waals surface area (Å²) >= 11 is 0. The first kappa shape index (κ1) is 21.6. The first-order chi connectivity index (χ1) is 16.6. The molecule has 2 aromatic heterocycles. The molecule has 178 valence electrons. The fourth-order valence-corrected chi connectivity index (χ4v) is 4.75. The van der Waals surface area contributed by atoms with E-state index in [1.165, 1.54) is 18.4 Å². The van der Waals surface area contributed by atoms with Crippen LogP contribution in [0.25, 0.3) is 11.2 Å². The lowest BCUT2D eigenvalue weighted by molar-refractivity contribution is 0.0659. The van der Waals surface area contributed by atoms with Gasteiger partial charge in [0, 0.05) is 26.3 Å². The van der Waals surface area contributed by atoms with Crippen molar-refractivity contribution in [1.82, 2.24) is 14.5 Å². The van der Waals surface area contributed by atoms with Gasteiger partial charge in [0.15, 0.2) is 11.5 Å². The van der Waals surface area contributed by atoms with Crippen LogP contribution >= 0.6 is 0 Å². The van der Waals surface area contributed by atoms with Crippen LogP contribution in [-0.4, -0.2) is 59.3 Å². The van der Waals surface area contributed by atoms with Crippen molar-refractivity contribution in [3.8, 4) is 0 Å². The molecule has 2 aliphatic carbocycles. The topological polar surface area (TPSA) is 76.8 Å². The summed E-state index contributed by atoms with van der Waals surface area (Å²) in [6.07, 6.45) is 6.62. The number of nitrogens with one attached hydrogen (secondary N) is 1. The number of benzene rings is 1. The highest BCUT2D eigenvalue weighted by atomic mass is 16.5. The third kappa shape index (κ3) is 4.28. The molecule has 3 heterocycles. The highest BCUT2D eigenvalue weighted by Crippen LogP contribution is 2.41. The number of aromatic nitrogens is 3. The summed E-state index contributed by atoms with van der Waals surface area (Å²) in [5.74, 6) is 1.44. The van der Waals surface area contributed by atoms with E-state index in [9.17, 15) is 0 Å². The third-order valence-corrected chi connectivity index (χ3v) is 7.29. The summed E-state index contributed by atoms with van der Waals surface area (Å²) in [5, 5.41) is 4.70. The van der Waals surface area contributed by atoms with Gasteiger partial charge in [0.2, 0.25) is 0 Å². The Morgan fingerprint density at radius 2 is 2.06 bits per heavy atom. The van der Waals surface area contributed by atoms with Gasteiger partial charge in [-0.1, -0.05) is 18.2 Å². The van der Waals surface area contributed by atoms with Gasteiger partial charge in [-0.05, 0) is 55.7 Å². The van der Waals surface area contributed by atoms with Crippen LogP contribution in [-0.2, 0) is 16.0 Å². The second-order valence-corrected chi connectivity index (χ2v) is 9.77. The van der Waals surface area contributed by atoms with Gasteiger partial charge in [-0.25, -0.2) is 9.97 Å². The van der Waals surface area contributed by atoms with Crippen molar-refractivity contribution in [2.45, 2.75) is 50.7 Å². The lowest BCUT2D eigenvalue weighted by Gasteiger charge is -2.29. The highest BCUT2D eigenvalue weighted by molar-refractivity contribution is 5.99. The molecule has 0 unspecified atom stereocenters. The van der Waals surface area contributed by atoms with Crippen molar-refractivity contribution < 1.29 is 9.47 Å². The van der Waals surface area contributed by atoms with E-state index in [4.69, 9.17) is 24.5 Å². The number of methoxy groups -OCH3 is 1. The number of ether oxygens (including phenoxy) is 2. The maximum atomic E-state index is 5.77. The van der Waals surface area contributed by atoms with E-state index >= 15 is 0 Å². The molecule has 1 aliphatic heterocycles. The van der Waals surface area contributed by atoms with Crippen molar-refractivity contribution in [1.29, 1.82) is 0 Å². The predicted molar refractivity (Wildman–Crippen MR) is 134 cm³/mol. The molecule has 1 N–H and O–H groups in total. The molecule has 6 rings (SSSR count). The first-order valence-electron chi connectivity index (χ1n) is 12.3. The van der Waals surface area contributed by atoms with Crippen molar-refractivity contribution >= 4 is 28.4 Å². The van der Waals surface area contributed by atoms with Gasteiger partial charge >= 0.3 is 0 Å². The van der Waals surface area contributed by atoms with Crippen LogP contribution in [0.2, 0.25) is 0 Å². The largest absolute Gasteiger partial charge is 0.378 e. The van der Waals surface area contributed by atoms with Crippen LogP contribution in [0.15, 0.2) is 41.8 Å². The summed E-state index contributed by atoms with van der Waals surface area (Å²) in [5.41, 5.74) is 9.50. The normalized spacial score (nSPS) is 20.1. The fourth-order valence-electron chi connectivity index (χ4n) is 4.75. The molecular formula is C26H32N6O2. The molecule has 0 spiro atoms. The number of hydrazone groups is 1. The van der Waals surface area contributed by atoms with Gasteiger partial charge in [0.05, 0.1) is 43.1 Å². The summed E-state index contributed by atoms with van der Waals surface area (Å²) in [4.78, 5) is 12.0.